The molecule has 0 amide bonds. The second-order valence-corrected chi connectivity index (χ2v) is 44.3. The lowest BCUT2D eigenvalue weighted by Crippen LogP contribution is -2.67. The third-order valence-corrected chi connectivity index (χ3v) is 28.1. The fraction of sp³-hybridized carbons (Fsp3) is 0.786. The maximum atomic E-state index is 12.1. The van der Waals surface area contributed by atoms with E-state index in [4.69, 9.17) is 34.2 Å². The van der Waals surface area contributed by atoms with Gasteiger partial charge in [-0.15, -0.1) is 0 Å². The van der Waals surface area contributed by atoms with Crippen molar-refractivity contribution >= 4 is 71.4 Å². The molecule has 264 valence electrons. The fourth-order valence-electron chi connectivity index (χ4n) is 4.19. The zero-order chi connectivity index (χ0) is 35.7. The van der Waals surface area contributed by atoms with E-state index in [1.54, 1.807) is 13.8 Å². The SMILES string of the molecule is C=C(C)C(=O)OCCC[Si](CCCOC(=O)C(=C)C)(O[Si](C)(C)C)O[Si](C)(C)O[Si](O[Si](C)(C)C)(O[Si](C)(C)C)O[Si](C)(C)C. The second-order valence-electron chi connectivity index (χ2n) is 15.9. The Morgan fingerprint density at radius 3 is 1.07 bits per heavy atom. The minimum atomic E-state index is -3.69. The third kappa shape index (κ3) is 21.3. The van der Waals surface area contributed by atoms with Crippen molar-refractivity contribution in [1.82, 2.24) is 0 Å². The molecule has 0 radical (unpaired) electrons. The molecule has 0 spiro atoms. The lowest BCUT2D eigenvalue weighted by Gasteiger charge is -2.46. The van der Waals surface area contributed by atoms with E-state index >= 15 is 0 Å². The van der Waals surface area contributed by atoms with Gasteiger partial charge in [0.2, 0.25) is 0 Å². The molecule has 45 heavy (non-hydrogen) atoms. The van der Waals surface area contributed by atoms with Crippen LogP contribution in [0.5, 0.6) is 0 Å². The van der Waals surface area contributed by atoms with Crippen LogP contribution in [-0.4, -0.2) is 84.6 Å². The second kappa shape index (κ2) is 17.4. The van der Waals surface area contributed by atoms with Gasteiger partial charge in [0.1, 0.15) is 0 Å². The molecule has 0 bridgehead atoms. The van der Waals surface area contributed by atoms with Crippen LogP contribution in [0.2, 0.25) is 104 Å². The van der Waals surface area contributed by atoms with Crippen LogP contribution in [0.25, 0.3) is 0 Å². The largest absolute Gasteiger partial charge is 0.638 e. The highest BCUT2D eigenvalue weighted by Crippen LogP contribution is 2.35. The molecule has 0 heterocycles. The van der Waals surface area contributed by atoms with E-state index < -0.39 is 71.4 Å². The molecular formula is C28H64O10Si7. The number of hydrogen-bond acceptors (Lipinski definition) is 10. The van der Waals surface area contributed by atoms with Crippen molar-refractivity contribution in [2.75, 3.05) is 13.2 Å². The van der Waals surface area contributed by atoms with Gasteiger partial charge in [-0.05, 0) is 130 Å². The highest BCUT2D eigenvalue weighted by molar-refractivity contribution is 6.93. The maximum Gasteiger partial charge on any atom is 0.638 e. The smallest absolute Gasteiger partial charge is 0.462 e. The number of ether oxygens (including phenoxy) is 2. The fourth-order valence-corrected chi connectivity index (χ4v) is 31.2. The summed E-state index contributed by atoms with van der Waals surface area (Å²) in [5.41, 5.74) is 0.700. The summed E-state index contributed by atoms with van der Waals surface area (Å²) < 4.78 is 52.5. The number of carbonyl (C=O) groups excluding carboxylic acids is 2. The van der Waals surface area contributed by atoms with Crippen LogP contribution < -0.4 is 0 Å². The Labute approximate surface area is 282 Å². The van der Waals surface area contributed by atoms with Gasteiger partial charge in [-0.25, -0.2) is 9.59 Å². The molecular weight excluding hydrogens is 693 g/mol. The summed E-state index contributed by atoms with van der Waals surface area (Å²) in [4.78, 5) is 24.2. The topological polar surface area (TPSA) is 108 Å². The first-order valence-corrected chi connectivity index (χ1v) is 36.1. The Morgan fingerprint density at radius 1 is 0.489 bits per heavy atom. The lowest BCUT2D eigenvalue weighted by molar-refractivity contribution is -0.139. The van der Waals surface area contributed by atoms with E-state index in [9.17, 15) is 9.59 Å². The first-order chi connectivity index (χ1) is 19.9. The van der Waals surface area contributed by atoms with Gasteiger partial charge in [0, 0.05) is 11.1 Å². The standard InChI is InChI=1S/C28H64O10Si7/c1-25(2)27(29)31-21-19-23-44(33-39(5,6)7,24-20-22-32-28(30)26(3)4)37-43(17,18)38-45(34-40(8,9)10,35-41(11,12)13)36-42(14,15)16/h1,3,19-24H2,2,4-18H3. The predicted molar refractivity (Wildman–Crippen MR) is 199 cm³/mol. The summed E-state index contributed by atoms with van der Waals surface area (Å²) in [7, 11) is -18.7. The minimum absolute atomic E-state index is 0.210. The van der Waals surface area contributed by atoms with E-state index in [1.165, 1.54) is 0 Å². The zero-order valence-corrected chi connectivity index (χ0v) is 38.2. The van der Waals surface area contributed by atoms with E-state index in [0.29, 0.717) is 36.1 Å². The van der Waals surface area contributed by atoms with E-state index in [-0.39, 0.29) is 13.2 Å². The van der Waals surface area contributed by atoms with E-state index in [0.717, 1.165) is 0 Å². The lowest BCUT2D eigenvalue weighted by atomic mass is 10.4. The monoisotopic (exact) mass is 756 g/mol. The Kier molecular flexibility index (Phi) is 17.3. The Hall–Kier alpha value is -0.302. The molecule has 0 aromatic heterocycles. The molecule has 0 rings (SSSR count). The summed E-state index contributed by atoms with van der Waals surface area (Å²) in [5.74, 6) is -0.851. The molecule has 0 saturated carbocycles. The summed E-state index contributed by atoms with van der Waals surface area (Å²) in [6, 6.07) is 1.12. The molecule has 0 aromatic rings. The molecule has 0 saturated heterocycles. The first-order valence-electron chi connectivity index (χ1n) is 15.8. The van der Waals surface area contributed by atoms with Gasteiger partial charge in [0.25, 0.3) is 0 Å². The van der Waals surface area contributed by atoms with Crippen molar-refractivity contribution < 1.29 is 43.8 Å². The van der Waals surface area contributed by atoms with E-state index in [2.05, 4.69) is 91.7 Å². The molecule has 0 unspecified atom stereocenters. The Bertz CT molecular complexity index is 934. The molecule has 10 nitrogen and oxygen atoms in total. The van der Waals surface area contributed by atoms with Gasteiger partial charge < -0.3 is 34.2 Å². The van der Waals surface area contributed by atoms with E-state index in [1.807, 2.05) is 13.1 Å². The van der Waals surface area contributed by atoms with Gasteiger partial charge in [-0.1, -0.05) is 13.2 Å². The first kappa shape index (κ1) is 44.7. The average molecular weight is 757 g/mol. The van der Waals surface area contributed by atoms with Crippen molar-refractivity contribution in [3.63, 3.8) is 0 Å². The molecule has 0 atom stereocenters. The number of rotatable bonds is 22. The number of carbonyl (C=O) groups is 2. The van der Waals surface area contributed by atoms with Crippen molar-refractivity contribution in [1.29, 1.82) is 0 Å². The normalized spacial score (nSPS) is 13.9. The van der Waals surface area contributed by atoms with Crippen molar-refractivity contribution in [2.24, 2.45) is 0 Å². The Morgan fingerprint density at radius 2 is 0.800 bits per heavy atom. The quantitative estimate of drug-likeness (QED) is 0.0467. The third-order valence-electron chi connectivity index (χ3n) is 5.16. The van der Waals surface area contributed by atoms with Crippen LogP contribution >= 0.6 is 0 Å². The summed E-state index contributed by atoms with van der Waals surface area (Å²) in [6.45, 7) is 40.4. The van der Waals surface area contributed by atoms with Gasteiger partial charge in [-0.3, -0.25) is 0 Å². The predicted octanol–water partition coefficient (Wildman–Crippen LogP) is 8.02. The molecule has 17 heteroatoms. The van der Waals surface area contributed by atoms with Gasteiger partial charge in [0.15, 0.2) is 33.3 Å². The van der Waals surface area contributed by atoms with Gasteiger partial charge in [-0.2, -0.15) is 0 Å². The zero-order valence-electron chi connectivity index (χ0n) is 31.2. The van der Waals surface area contributed by atoms with Crippen molar-refractivity contribution in [3.8, 4) is 0 Å². The van der Waals surface area contributed by atoms with Crippen LogP contribution in [0.15, 0.2) is 24.3 Å². The highest BCUT2D eigenvalue weighted by atomic mass is 28.6. The molecule has 0 aromatic carbocycles. The molecule has 0 aliphatic heterocycles. The minimum Gasteiger partial charge on any atom is -0.462 e. The van der Waals surface area contributed by atoms with Gasteiger partial charge >= 0.3 is 38.1 Å². The van der Waals surface area contributed by atoms with Crippen LogP contribution in [0.4, 0.5) is 0 Å². The van der Waals surface area contributed by atoms with Gasteiger partial charge in [0.05, 0.1) is 13.2 Å². The van der Waals surface area contributed by atoms with Crippen LogP contribution in [0, 0.1) is 0 Å². The van der Waals surface area contributed by atoms with Crippen molar-refractivity contribution in [2.45, 2.75) is 130 Å². The number of hydrogen-bond donors (Lipinski definition) is 0. The molecule has 0 aliphatic carbocycles. The summed E-state index contributed by atoms with van der Waals surface area (Å²) >= 11 is 0. The maximum absolute atomic E-state index is 12.1. The Balaban J connectivity index is 6.72. The summed E-state index contributed by atoms with van der Waals surface area (Å²) in [6.07, 6.45) is 1.08. The van der Waals surface area contributed by atoms with Crippen LogP contribution in [-0.2, 0) is 43.8 Å². The molecule has 0 aliphatic rings. The van der Waals surface area contributed by atoms with Crippen molar-refractivity contribution in [3.05, 3.63) is 24.3 Å². The van der Waals surface area contributed by atoms with Crippen LogP contribution in [0.1, 0.15) is 26.7 Å². The number of esters is 2. The average Bonchev–Trinajstić information content (AvgIpc) is 2.73. The summed E-state index contributed by atoms with van der Waals surface area (Å²) in [5, 5.41) is 0. The molecule has 0 N–H and O–H groups in total. The van der Waals surface area contributed by atoms with Crippen LogP contribution in [0.3, 0.4) is 0 Å². The highest BCUT2D eigenvalue weighted by Gasteiger charge is 2.59. The molecule has 0 fully saturated rings.